The molecule has 7 heteroatoms. The number of anilines is 3. The van der Waals surface area contributed by atoms with Crippen LogP contribution < -0.4 is 15.0 Å². The standard InChI is InChI=1S/C26H27FN4O2/c1-15-16(2)28-26(29-21-9-7-20(27)8-10-21)30-24(15)31-13-12-18-6-11-22(14-23(18)17(31)3)33-25(32)19-4-5-19/h6-11,14,17,19H,4-5,12-13H2,1-3H3,(H,28,29,30). The molecule has 1 aliphatic carbocycles. The van der Waals surface area contributed by atoms with Crippen molar-refractivity contribution >= 4 is 23.4 Å². The minimum Gasteiger partial charge on any atom is -0.426 e. The molecule has 2 heterocycles. The first-order chi connectivity index (χ1) is 15.9. The SMILES string of the molecule is Cc1nc(Nc2ccc(F)cc2)nc(N2CCc3ccc(OC(=O)C4CC4)cc3C2C)c1C. The van der Waals surface area contributed by atoms with E-state index in [-0.39, 0.29) is 23.7 Å². The molecule has 0 bridgehead atoms. The van der Waals surface area contributed by atoms with Crippen LogP contribution in [0.15, 0.2) is 42.5 Å². The molecule has 1 saturated carbocycles. The van der Waals surface area contributed by atoms with Gasteiger partial charge in [0, 0.05) is 23.5 Å². The molecule has 1 fully saturated rings. The van der Waals surface area contributed by atoms with Crippen LogP contribution in [0.3, 0.4) is 0 Å². The molecular weight excluding hydrogens is 419 g/mol. The summed E-state index contributed by atoms with van der Waals surface area (Å²) in [7, 11) is 0. The number of nitrogens with one attached hydrogen (secondary N) is 1. The van der Waals surface area contributed by atoms with Gasteiger partial charge in [0.2, 0.25) is 5.95 Å². The van der Waals surface area contributed by atoms with Crippen LogP contribution in [-0.4, -0.2) is 22.5 Å². The highest BCUT2D eigenvalue weighted by atomic mass is 19.1. The molecule has 1 aromatic heterocycles. The van der Waals surface area contributed by atoms with Gasteiger partial charge in [-0.15, -0.1) is 0 Å². The van der Waals surface area contributed by atoms with Crippen LogP contribution in [0.5, 0.6) is 5.75 Å². The summed E-state index contributed by atoms with van der Waals surface area (Å²) in [6.07, 6.45) is 2.73. The zero-order valence-corrected chi connectivity index (χ0v) is 19.1. The maximum absolute atomic E-state index is 13.3. The van der Waals surface area contributed by atoms with E-state index in [1.165, 1.54) is 17.7 Å². The van der Waals surface area contributed by atoms with E-state index >= 15 is 0 Å². The number of rotatable bonds is 5. The predicted molar refractivity (Wildman–Crippen MR) is 125 cm³/mol. The molecule has 2 aliphatic rings. The number of hydrogen-bond donors (Lipinski definition) is 1. The van der Waals surface area contributed by atoms with Crippen molar-refractivity contribution in [3.8, 4) is 5.75 Å². The average Bonchev–Trinajstić information content (AvgIpc) is 3.64. The molecule has 1 aliphatic heterocycles. The van der Waals surface area contributed by atoms with Crippen molar-refractivity contribution in [1.29, 1.82) is 0 Å². The lowest BCUT2D eigenvalue weighted by molar-refractivity contribution is -0.135. The number of aryl methyl sites for hydroxylation is 1. The third-order valence-corrected chi connectivity index (χ3v) is 6.52. The van der Waals surface area contributed by atoms with E-state index in [9.17, 15) is 9.18 Å². The van der Waals surface area contributed by atoms with Gasteiger partial charge in [0.15, 0.2) is 0 Å². The minimum atomic E-state index is -0.287. The Bertz CT molecular complexity index is 1210. The highest BCUT2D eigenvalue weighted by Gasteiger charge is 2.32. The Balaban J connectivity index is 1.43. The lowest BCUT2D eigenvalue weighted by atomic mass is 9.93. The third kappa shape index (κ3) is 4.40. The number of carbonyl (C=O) groups is 1. The molecule has 5 rings (SSSR count). The molecule has 0 amide bonds. The van der Waals surface area contributed by atoms with Crippen molar-refractivity contribution in [3.63, 3.8) is 0 Å². The van der Waals surface area contributed by atoms with Gasteiger partial charge in [-0.2, -0.15) is 4.98 Å². The maximum Gasteiger partial charge on any atom is 0.314 e. The number of ether oxygens (including phenoxy) is 1. The Labute approximate surface area is 192 Å². The van der Waals surface area contributed by atoms with Crippen LogP contribution in [0.25, 0.3) is 0 Å². The molecule has 1 N–H and O–H groups in total. The number of nitrogens with zero attached hydrogens (tertiary/aromatic N) is 3. The van der Waals surface area contributed by atoms with E-state index in [4.69, 9.17) is 9.72 Å². The molecule has 1 unspecified atom stereocenters. The van der Waals surface area contributed by atoms with Crippen molar-refractivity contribution in [2.24, 2.45) is 5.92 Å². The molecule has 170 valence electrons. The maximum atomic E-state index is 13.3. The fraction of sp³-hybridized carbons (Fsp3) is 0.346. The number of halogens is 1. The van der Waals surface area contributed by atoms with Gasteiger partial charge < -0.3 is 15.0 Å². The van der Waals surface area contributed by atoms with E-state index in [1.807, 2.05) is 26.0 Å². The minimum absolute atomic E-state index is 0.0556. The average molecular weight is 447 g/mol. The van der Waals surface area contributed by atoms with Gasteiger partial charge in [-0.05, 0) is 87.6 Å². The summed E-state index contributed by atoms with van der Waals surface area (Å²) in [5.74, 6) is 1.59. The Morgan fingerprint density at radius 1 is 1.12 bits per heavy atom. The highest BCUT2D eigenvalue weighted by Crippen LogP contribution is 2.37. The molecule has 0 saturated heterocycles. The van der Waals surface area contributed by atoms with E-state index in [0.29, 0.717) is 11.7 Å². The summed E-state index contributed by atoms with van der Waals surface area (Å²) >= 11 is 0. The van der Waals surface area contributed by atoms with Crippen molar-refractivity contribution < 1.29 is 13.9 Å². The molecule has 6 nitrogen and oxygen atoms in total. The van der Waals surface area contributed by atoms with Gasteiger partial charge in [0.1, 0.15) is 17.4 Å². The number of carbonyl (C=O) groups excluding carboxylic acids is 1. The third-order valence-electron chi connectivity index (χ3n) is 6.52. The summed E-state index contributed by atoms with van der Waals surface area (Å²) in [5, 5.41) is 3.19. The molecule has 0 radical (unpaired) electrons. The van der Waals surface area contributed by atoms with Gasteiger partial charge in [-0.1, -0.05) is 6.07 Å². The smallest absolute Gasteiger partial charge is 0.314 e. The first-order valence-electron chi connectivity index (χ1n) is 11.4. The Morgan fingerprint density at radius 3 is 2.61 bits per heavy atom. The first kappa shape index (κ1) is 21.4. The lowest BCUT2D eigenvalue weighted by Crippen LogP contribution is -2.35. The number of fused-ring (bicyclic) bond motifs is 1. The number of benzene rings is 2. The highest BCUT2D eigenvalue weighted by molar-refractivity contribution is 5.77. The summed E-state index contributed by atoms with van der Waals surface area (Å²) in [6, 6.07) is 12.1. The Morgan fingerprint density at radius 2 is 1.88 bits per heavy atom. The van der Waals surface area contributed by atoms with Crippen LogP contribution in [0.4, 0.5) is 21.8 Å². The van der Waals surface area contributed by atoms with Crippen molar-refractivity contribution in [2.75, 3.05) is 16.8 Å². The van der Waals surface area contributed by atoms with Crippen LogP contribution in [0, 0.1) is 25.6 Å². The van der Waals surface area contributed by atoms with Crippen LogP contribution in [-0.2, 0) is 11.2 Å². The Kier molecular flexibility index (Phi) is 5.48. The predicted octanol–water partition coefficient (Wildman–Crippen LogP) is 5.42. The second-order valence-electron chi connectivity index (χ2n) is 8.89. The number of hydrogen-bond acceptors (Lipinski definition) is 6. The monoisotopic (exact) mass is 446 g/mol. The van der Waals surface area contributed by atoms with Gasteiger partial charge in [-0.3, -0.25) is 4.79 Å². The zero-order valence-electron chi connectivity index (χ0n) is 19.1. The Hall–Kier alpha value is -3.48. The number of esters is 1. The largest absolute Gasteiger partial charge is 0.426 e. The summed E-state index contributed by atoms with van der Waals surface area (Å²) in [4.78, 5) is 23.8. The molecule has 3 aromatic rings. The van der Waals surface area contributed by atoms with Gasteiger partial charge in [0.25, 0.3) is 0 Å². The summed E-state index contributed by atoms with van der Waals surface area (Å²) in [6.45, 7) is 6.97. The first-order valence-corrected chi connectivity index (χ1v) is 11.4. The lowest BCUT2D eigenvalue weighted by Gasteiger charge is -2.37. The second-order valence-corrected chi connectivity index (χ2v) is 8.89. The van der Waals surface area contributed by atoms with Gasteiger partial charge >= 0.3 is 5.97 Å². The molecule has 1 atom stereocenters. The van der Waals surface area contributed by atoms with Crippen LogP contribution >= 0.6 is 0 Å². The quantitative estimate of drug-likeness (QED) is 0.417. The molecule has 2 aromatic carbocycles. The van der Waals surface area contributed by atoms with E-state index in [0.717, 1.165) is 54.1 Å². The normalized spacial score (nSPS) is 17.5. The fourth-order valence-electron chi connectivity index (χ4n) is 4.27. The second kappa shape index (κ2) is 8.46. The van der Waals surface area contributed by atoms with Crippen LogP contribution in [0.1, 0.15) is 48.2 Å². The van der Waals surface area contributed by atoms with Gasteiger partial charge in [0.05, 0.1) is 12.0 Å². The van der Waals surface area contributed by atoms with Crippen molar-refractivity contribution in [1.82, 2.24) is 9.97 Å². The number of aromatic nitrogens is 2. The van der Waals surface area contributed by atoms with E-state index in [2.05, 4.69) is 28.2 Å². The summed E-state index contributed by atoms with van der Waals surface area (Å²) in [5.41, 5.74) is 5.04. The molecule has 33 heavy (non-hydrogen) atoms. The van der Waals surface area contributed by atoms with E-state index < -0.39 is 0 Å². The van der Waals surface area contributed by atoms with Gasteiger partial charge in [-0.25, -0.2) is 9.37 Å². The zero-order chi connectivity index (χ0) is 23.1. The van der Waals surface area contributed by atoms with Crippen molar-refractivity contribution in [2.45, 2.75) is 46.1 Å². The molecule has 0 spiro atoms. The van der Waals surface area contributed by atoms with Crippen molar-refractivity contribution in [3.05, 3.63) is 70.7 Å². The fourth-order valence-corrected chi connectivity index (χ4v) is 4.27. The van der Waals surface area contributed by atoms with Crippen LogP contribution in [0.2, 0.25) is 0 Å². The topological polar surface area (TPSA) is 67.3 Å². The summed E-state index contributed by atoms with van der Waals surface area (Å²) < 4.78 is 18.9. The molecular formula is C26H27FN4O2. The van der Waals surface area contributed by atoms with E-state index in [1.54, 1.807) is 12.1 Å².